The van der Waals surface area contributed by atoms with E-state index in [0.29, 0.717) is 5.82 Å². The van der Waals surface area contributed by atoms with Crippen molar-refractivity contribution in [3.8, 4) is 0 Å². The average Bonchev–Trinajstić information content (AvgIpc) is 2.45. The number of benzene rings is 1. The number of hydrogen-bond donors (Lipinski definition) is 2. The normalized spacial score (nSPS) is 12.2. The number of nitrogens with one attached hydrogen (secondary N) is 1. The molecule has 0 saturated carbocycles. The van der Waals surface area contributed by atoms with E-state index in [1.807, 2.05) is 13.8 Å². The third kappa shape index (κ3) is 3.68. The summed E-state index contributed by atoms with van der Waals surface area (Å²) in [5.74, 6) is 1.75. The molecule has 1 aromatic carbocycles. The molecular weight excluding hydrogens is 267 g/mol. The highest BCUT2D eigenvalue weighted by Gasteiger charge is 2.12. The number of rotatable bonds is 5. The van der Waals surface area contributed by atoms with Gasteiger partial charge in [0.15, 0.2) is 0 Å². The summed E-state index contributed by atoms with van der Waals surface area (Å²) in [6.45, 7) is 5.98. The zero-order valence-corrected chi connectivity index (χ0v) is 12.7. The van der Waals surface area contributed by atoms with Gasteiger partial charge in [-0.2, -0.15) is 0 Å². The maximum absolute atomic E-state index is 13.0. The number of halogens is 1. The smallest absolute Gasteiger partial charge is 0.135 e. The number of nitrogens with two attached hydrogens (primary N) is 1. The molecule has 2 aromatic rings. The molecule has 1 aromatic heterocycles. The molecule has 0 saturated heterocycles. The van der Waals surface area contributed by atoms with Gasteiger partial charge in [-0.3, -0.25) is 0 Å². The number of aryl methyl sites for hydroxylation is 1. The molecule has 0 aliphatic carbocycles. The van der Waals surface area contributed by atoms with Crippen LogP contribution < -0.4 is 11.1 Å². The van der Waals surface area contributed by atoms with E-state index in [4.69, 9.17) is 5.73 Å². The van der Waals surface area contributed by atoms with Crippen molar-refractivity contribution in [2.24, 2.45) is 0 Å². The SMILES string of the molecule is CCCc1nc(N)c(C)c(NC(C)c2ccc(F)cc2)n1. The van der Waals surface area contributed by atoms with Gasteiger partial charge in [0.1, 0.15) is 23.3 Å². The minimum atomic E-state index is -0.237. The topological polar surface area (TPSA) is 63.8 Å². The number of nitrogen functional groups attached to an aromatic ring is 1. The third-order valence-corrected chi connectivity index (χ3v) is 3.43. The summed E-state index contributed by atoms with van der Waals surface area (Å²) in [4.78, 5) is 8.82. The molecule has 112 valence electrons. The fourth-order valence-electron chi connectivity index (χ4n) is 2.10. The minimum absolute atomic E-state index is 0.00748. The molecule has 3 N–H and O–H groups in total. The van der Waals surface area contributed by atoms with Gasteiger partial charge in [0.2, 0.25) is 0 Å². The summed E-state index contributed by atoms with van der Waals surface area (Å²) in [6, 6.07) is 6.45. The van der Waals surface area contributed by atoms with Gasteiger partial charge in [-0.15, -0.1) is 0 Å². The van der Waals surface area contributed by atoms with E-state index < -0.39 is 0 Å². The Kier molecular flexibility index (Phi) is 4.73. The second kappa shape index (κ2) is 6.52. The zero-order chi connectivity index (χ0) is 15.4. The van der Waals surface area contributed by atoms with E-state index in [2.05, 4.69) is 22.2 Å². The van der Waals surface area contributed by atoms with E-state index in [0.717, 1.165) is 35.6 Å². The van der Waals surface area contributed by atoms with Gasteiger partial charge < -0.3 is 11.1 Å². The van der Waals surface area contributed by atoms with E-state index >= 15 is 0 Å². The van der Waals surface area contributed by atoms with Gasteiger partial charge in [0, 0.05) is 18.0 Å². The third-order valence-electron chi connectivity index (χ3n) is 3.43. The molecule has 2 rings (SSSR count). The Hall–Kier alpha value is -2.17. The molecule has 0 radical (unpaired) electrons. The first-order chi connectivity index (χ1) is 10.0. The van der Waals surface area contributed by atoms with E-state index in [1.54, 1.807) is 12.1 Å². The van der Waals surface area contributed by atoms with Crippen molar-refractivity contribution < 1.29 is 4.39 Å². The molecule has 0 bridgehead atoms. The van der Waals surface area contributed by atoms with Gasteiger partial charge in [0.25, 0.3) is 0 Å². The summed E-state index contributed by atoms with van der Waals surface area (Å²) in [6.07, 6.45) is 1.76. The summed E-state index contributed by atoms with van der Waals surface area (Å²) in [5, 5.41) is 3.33. The Morgan fingerprint density at radius 2 is 1.90 bits per heavy atom. The van der Waals surface area contributed by atoms with Crippen molar-refractivity contribution in [3.05, 3.63) is 47.0 Å². The monoisotopic (exact) mass is 288 g/mol. The molecule has 1 heterocycles. The molecule has 0 fully saturated rings. The van der Waals surface area contributed by atoms with Crippen LogP contribution in [0.25, 0.3) is 0 Å². The van der Waals surface area contributed by atoms with Gasteiger partial charge >= 0.3 is 0 Å². The minimum Gasteiger partial charge on any atom is -0.383 e. The lowest BCUT2D eigenvalue weighted by Crippen LogP contribution is -2.13. The van der Waals surface area contributed by atoms with Crippen molar-refractivity contribution in [2.45, 2.75) is 39.7 Å². The van der Waals surface area contributed by atoms with Crippen LogP contribution in [-0.4, -0.2) is 9.97 Å². The highest BCUT2D eigenvalue weighted by atomic mass is 19.1. The Balaban J connectivity index is 2.23. The first-order valence-corrected chi connectivity index (χ1v) is 7.16. The van der Waals surface area contributed by atoms with Crippen molar-refractivity contribution in [1.29, 1.82) is 0 Å². The van der Waals surface area contributed by atoms with Crippen LogP contribution in [0.15, 0.2) is 24.3 Å². The molecular formula is C16H21FN4. The van der Waals surface area contributed by atoms with Crippen LogP contribution in [0.3, 0.4) is 0 Å². The Bertz CT molecular complexity index is 610. The number of anilines is 2. The summed E-state index contributed by atoms with van der Waals surface area (Å²) < 4.78 is 13.0. The largest absolute Gasteiger partial charge is 0.383 e. The molecule has 4 nitrogen and oxygen atoms in total. The quantitative estimate of drug-likeness (QED) is 0.881. The Labute approximate surface area is 124 Å². The lowest BCUT2D eigenvalue weighted by Gasteiger charge is -2.18. The molecule has 0 amide bonds. The van der Waals surface area contributed by atoms with Crippen molar-refractivity contribution in [2.75, 3.05) is 11.1 Å². The predicted molar refractivity (Wildman–Crippen MR) is 83.6 cm³/mol. The lowest BCUT2D eigenvalue weighted by molar-refractivity contribution is 0.626. The highest BCUT2D eigenvalue weighted by molar-refractivity contribution is 5.55. The van der Waals surface area contributed by atoms with E-state index in [9.17, 15) is 4.39 Å². The van der Waals surface area contributed by atoms with E-state index in [1.165, 1.54) is 12.1 Å². The lowest BCUT2D eigenvalue weighted by atomic mass is 10.1. The average molecular weight is 288 g/mol. The van der Waals surface area contributed by atoms with Crippen molar-refractivity contribution in [1.82, 2.24) is 9.97 Å². The predicted octanol–water partition coefficient (Wildman–Crippen LogP) is 3.63. The van der Waals surface area contributed by atoms with Gasteiger partial charge in [-0.05, 0) is 38.0 Å². The first kappa shape index (κ1) is 15.2. The zero-order valence-electron chi connectivity index (χ0n) is 12.7. The Morgan fingerprint density at radius 1 is 1.24 bits per heavy atom. The number of aromatic nitrogens is 2. The van der Waals surface area contributed by atoms with Gasteiger partial charge in [-0.25, -0.2) is 14.4 Å². The summed E-state index contributed by atoms with van der Waals surface area (Å²) in [5.41, 5.74) is 7.77. The number of hydrogen-bond acceptors (Lipinski definition) is 4. The van der Waals surface area contributed by atoms with Crippen LogP contribution >= 0.6 is 0 Å². The van der Waals surface area contributed by atoms with E-state index in [-0.39, 0.29) is 11.9 Å². The van der Waals surface area contributed by atoms with Crippen molar-refractivity contribution >= 4 is 11.6 Å². The maximum atomic E-state index is 13.0. The van der Waals surface area contributed by atoms with Gasteiger partial charge in [0.05, 0.1) is 0 Å². The second-order valence-corrected chi connectivity index (χ2v) is 5.17. The fraction of sp³-hybridized carbons (Fsp3) is 0.375. The van der Waals surface area contributed by atoms with Crippen LogP contribution in [0.4, 0.5) is 16.0 Å². The molecule has 0 spiro atoms. The van der Waals surface area contributed by atoms with Crippen molar-refractivity contribution in [3.63, 3.8) is 0 Å². The van der Waals surface area contributed by atoms with Crippen LogP contribution in [0.1, 0.15) is 43.3 Å². The standard InChI is InChI=1S/C16H21FN4/c1-4-5-14-20-15(18)10(2)16(21-14)19-11(3)12-6-8-13(17)9-7-12/h6-9,11H,4-5H2,1-3H3,(H3,18,19,20,21). The van der Waals surface area contributed by atoms with Crippen LogP contribution in [-0.2, 0) is 6.42 Å². The Morgan fingerprint density at radius 3 is 2.52 bits per heavy atom. The van der Waals surface area contributed by atoms with Crippen LogP contribution in [0, 0.1) is 12.7 Å². The number of nitrogens with zero attached hydrogens (tertiary/aromatic N) is 2. The molecule has 21 heavy (non-hydrogen) atoms. The molecule has 0 aliphatic heterocycles. The highest BCUT2D eigenvalue weighted by Crippen LogP contribution is 2.23. The summed E-state index contributed by atoms with van der Waals surface area (Å²) >= 11 is 0. The second-order valence-electron chi connectivity index (χ2n) is 5.17. The first-order valence-electron chi connectivity index (χ1n) is 7.16. The van der Waals surface area contributed by atoms with Gasteiger partial charge in [-0.1, -0.05) is 19.1 Å². The van der Waals surface area contributed by atoms with Crippen LogP contribution in [0.5, 0.6) is 0 Å². The molecule has 5 heteroatoms. The molecule has 0 aliphatic rings. The fourth-order valence-corrected chi connectivity index (χ4v) is 2.10. The maximum Gasteiger partial charge on any atom is 0.135 e. The van der Waals surface area contributed by atoms with Crippen LogP contribution in [0.2, 0.25) is 0 Å². The molecule has 1 unspecified atom stereocenters. The molecule has 1 atom stereocenters. The summed E-state index contributed by atoms with van der Waals surface area (Å²) in [7, 11) is 0.